The van der Waals surface area contributed by atoms with Gasteiger partial charge in [-0.2, -0.15) is 0 Å². The molecule has 3 nitrogen and oxygen atoms in total. The number of Topliss-reactive ketones (excluding diaryl/α,β-unsaturated/α-hetero) is 1. The highest BCUT2D eigenvalue weighted by molar-refractivity contribution is 5.99. The second-order valence-corrected chi connectivity index (χ2v) is 4.22. The van der Waals surface area contributed by atoms with Gasteiger partial charge in [0.15, 0.2) is 5.78 Å². The predicted molar refractivity (Wildman–Crippen MR) is 72.8 cm³/mol. The maximum absolute atomic E-state index is 13.6. The Balaban J connectivity index is 2.04. The Kier molecular flexibility index (Phi) is 4.23. The van der Waals surface area contributed by atoms with Gasteiger partial charge in [-0.05, 0) is 31.2 Å². The molecule has 0 saturated carbocycles. The van der Waals surface area contributed by atoms with Gasteiger partial charge < -0.3 is 5.32 Å². The summed E-state index contributed by atoms with van der Waals surface area (Å²) in [4.78, 5) is 15.6. The number of nitrogens with one attached hydrogen (secondary N) is 1. The fraction of sp³-hybridized carbons (Fsp3) is 0.200. The van der Waals surface area contributed by atoms with Crippen molar-refractivity contribution in [3.63, 3.8) is 0 Å². The molecule has 0 unspecified atom stereocenters. The topological polar surface area (TPSA) is 42.0 Å². The monoisotopic (exact) mass is 258 g/mol. The van der Waals surface area contributed by atoms with E-state index in [0.717, 1.165) is 5.69 Å². The number of hydrogen-bond acceptors (Lipinski definition) is 3. The van der Waals surface area contributed by atoms with Crippen LogP contribution in [-0.2, 0) is 6.42 Å². The van der Waals surface area contributed by atoms with E-state index in [-0.39, 0.29) is 11.3 Å². The number of benzene rings is 1. The number of ketones is 1. The van der Waals surface area contributed by atoms with E-state index in [4.69, 9.17) is 0 Å². The molecule has 98 valence electrons. The molecule has 0 saturated heterocycles. The first-order valence-corrected chi connectivity index (χ1v) is 6.11. The maximum atomic E-state index is 13.6. The van der Waals surface area contributed by atoms with Crippen LogP contribution in [0.5, 0.6) is 0 Å². The summed E-state index contributed by atoms with van der Waals surface area (Å²) in [5.74, 6) is -0.770. The molecule has 0 aliphatic carbocycles. The zero-order valence-corrected chi connectivity index (χ0v) is 10.7. The van der Waals surface area contributed by atoms with Crippen LogP contribution in [0.15, 0.2) is 42.6 Å². The minimum Gasteiger partial charge on any atom is -0.384 e. The van der Waals surface area contributed by atoms with Crippen molar-refractivity contribution >= 4 is 11.5 Å². The predicted octanol–water partition coefficient (Wildman–Crippen LogP) is 3.08. The summed E-state index contributed by atoms with van der Waals surface area (Å²) in [5.41, 5.74) is 1.60. The van der Waals surface area contributed by atoms with Crippen LogP contribution in [0.1, 0.15) is 23.0 Å². The van der Waals surface area contributed by atoms with Crippen molar-refractivity contribution in [2.24, 2.45) is 0 Å². The van der Waals surface area contributed by atoms with Crippen molar-refractivity contribution in [1.82, 2.24) is 4.98 Å². The molecule has 0 fully saturated rings. The van der Waals surface area contributed by atoms with Crippen molar-refractivity contribution in [3.8, 4) is 0 Å². The number of anilines is 1. The quantitative estimate of drug-likeness (QED) is 0.838. The molecule has 0 spiro atoms. The van der Waals surface area contributed by atoms with E-state index >= 15 is 0 Å². The van der Waals surface area contributed by atoms with Gasteiger partial charge in [-0.3, -0.25) is 9.78 Å². The van der Waals surface area contributed by atoms with Gasteiger partial charge >= 0.3 is 0 Å². The molecule has 1 heterocycles. The lowest BCUT2D eigenvalue weighted by Crippen LogP contribution is -2.10. The highest BCUT2D eigenvalue weighted by Crippen LogP contribution is 2.19. The van der Waals surface area contributed by atoms with Gasteiger partial charge in [0, 0.05) is 30.5 Å². The molecular formula is C15H15FN2O. The van der Waals surface area contributed by atoms with Gasteiger partial charge in [0.2, 0.25) is 0 Å². The second-order valence-electron chi connectivity index (χ2n) is 4.22. The van der Waals surface area contributed by atoms with Crippen molar-refractivity contribution < 1.29 is 9.18 Å². The number of halogens is 1. The molecule has 1 aromatic heterocycles. The first-order chi connectivity index (χ1) is 9.18. The zero-order valence-electron chi connectivity index (χ0n) is 10.7. The van der Waals surface area contributed by atoms with Gasteiger partial charge in [-0.1, -0.05) is 12.1 Å². The standard InChI is InChI=1S/C15H15FN2O/c1-11(19)15-13(16)6-4-7-14(15)18-10-8-12-5-2-3-9-17-12/h2-7,9,18H,8,10H2,1H3. The lowest BCUT2D eigenvalue weighted by Gasteiger charge is -2.10. The normalized spacial score (nSPS) is 10.2. The van der Waals surface area contributed by atoms with E-state index in [9.17, 15) is 9.18 Å². The van der Waals surface area contributed by atoms with E-state index in [0.29, 0.717) is 18.7 Å². The van der Waals surface area contributed by atoms with Crippen LogP contribution in [0.25, 0.3) is 0 Å². The van der Waals surface area contributed by atoms with E-state index in [2.05, 4.69) is 10.3 Å². The van der Waals surface area contributed by atoms with Crippen LogP contribution < -0.4 is 5.32 Å². The largest absolute Gasteiger partial charge is 0.384 e. The van der Waals surface area contributed by atoms with Crippen LogP contribution in [0.2, 0.25) is 0 Å². The lowest BCUT2D eigenvalue weighted by atomic mass is 10.1. The second kappa shape index (κ2) is 6.09. The Morgan fingerprint density at radius 1 is 1.26 bits per heavy atom. The molecular weight excluding hydrogens is 243 g/mol. The van der Waals surface area contributed by atoms with Crippen LogP contribution in [0.3, 0.4) is 0 Å². The molecule has 1 N–H and O–H groups in total. The number of nitrogens with zero attached hydrogens (tertiary/aromatic N) is 1. The van der Waals surface area contributed by atoms with E-state index in [1.807, 2.05) is 18.2 Å². The van der Waals surface area contributed by atoms with Crippen LogP contribution >= 0.6 is 0 Å². The molecule has 2 aromatic rings. The number of rotatable bonds is 5. The molecule has 0 bridgehead atoms. The minimum absolute atomic E-state index is 0.114. The zero-order chi connectivity index (χ0) is 13.7. The summed E-state index contributed by atoms with van der Waals surface area (Å²) in [5, 5.41) is 3.08. The molecule has 4 heteroatoms. The molecule has 2 rings (SSSR count). The number of pyridine rings is 1. The highest BCUT2D eigenvalue weighted by atomic mass is 19.1. The summed E-state index contributed by atoms with van der Waals surface area (Å²) < 4.78 is 13.6. The average molecular weight is 258 g/mol. The summed E-state index contributed by atoms with van der Waals surface area (Å²) >= 11 is 0. The average Bonchev–Trinajstić information content (AvgIpc) is 2.39. The van der Waals surface area contributed by atoms with Gasteiger partial charge in [0.25, 0.3) is 0 Å². The summed E-state index contributed by atoms with van der Waals surface area (Å²) in [6, 6.07) is 10.3. The Labute approximate surface area is 111 Å². The van der Waals surface area contributed by atoms with Gasteiger partial charge in [-0.25, -0.2) is 4.39 Å². The maximum Gasteiger partial charge on any atom is 0.164 e. The first kappa shape index (κ1) is 13.2. The Morgan fingerprint density at radius 3 is 2.79 bits per heavy atom. The smallest absolute Gasteiger partial charge is 0.164 e. The lowest BCUT2D eigenvalue weighted by molar-refractivity contribution is 0.101. The van der Waals surface area contributed by atoms with Gasteiger partial charge in [-0.15, -0.1) is 0 Å². The van der Waals surface area contributed by atoms with E-state index in [1.165, 1.54) is 13.0 Å². The van der Waals surface area contributed by atoms with Crippen molar-refractivity contribution in [1.29, 1.82) is 0 Å². The highest BCUT2D eigenvalue weighted by Gasteiger charge is 2.12. The third-order valence-electron chi connectivity index (χ3n) is 2.79. The van der Waals surface area contributed by atoms with Crippen LogP contribution in [-0.4, -0.2) is 17.3 Å². The minimum atomic E-state index is -0.490. The van der Waals surface area contributed by atoms with Crippen molar-refractivity contribution in [2.45, 2.75) is 13.3 Å². The third-order valence-corrected chi connectivity index (χ3v) is 2.79. The fourth-order valence-corrected chi connectivity index (χ4v) is 1.90. The molecule has 0 aliphatic heterocycles. The van der Waals surface area contributed by atoms with Crippen LogP contribution in [0, 0.1) is 5.82 Å². The summed E-state index contributed by atoms with van der Waals surface area (Å²) in [6.45, 7) is 1.96. The molecule has 19 heavy (non-hydrogen) atoms. The summed E-state index contributed by atoms with van der Waals surface area (Å²) in [6.07, 6.45) is 2.45. The van der Waals surface area contributed by atoms with Crippen molar-refractivity contribution in [2.75, 3.05) is 11.9 Å². The summed E-state index contributed by atoms with van der Waals surface area (Å²) in [7, 11) is 0. The molecule has 0 radical (unpaired) electrons. The Morgan fingerprint density at radius 2 is 2.11 bits per heavy atom. The number of carbonyl (C=O) groups excluding carboxylic acids is 1. The number of carbonyl (C=O) groups is 1. The van der Waals surface area contributed by atoms with Gasteiger partial charge in [0.05, 0.1) is 5.56 Å². The fourth-order valence-electron chi connectivity index (χ4n) is 1.90. The molecule has 0 atom stereocenters. The van der Waals surface area contributed by atoms with E-state index in [1.54, 1.807) is 18.3 Å². The Bertz CT molecular complexity index is 570. The number of aromatic nitrogens is 1. The van der Waals surface area contributed by atoms with E-state index < -0.39 is 5.82 Å². The molecule has 1 aromatic carbocycles. The Hall–Kier alpha value is -2.23. The van der Waals surface area contributed by atoms with Crippen molar-refractivity contribution in [3.05, 3.63) is 59.7 Å². The first-order valence-electron chi connectivity index (χ1n) is 6.11. The molecule has 0 aliphatic rings. The third kappa shape index (κ3) is 3.37. The number of hydrogen-bond donors (Lipinski definition) is 1. The SMILES string of the molecule is CC(=O)c1c(F)cccc1NCCc1ccccn1. The van der Waals surface area contributed by atoms with Crippen LogP contribution in [0.4, 0.5) is 10.1 Å². The van der Waals surface area contributed by atoms with Gasteiger partial charge in [0.1, 0.15) is 5.82 Å². The molecule has 0 amide bonds.